The molecule has 0 bridgehead atoms. The normalized spacial score (nSPS) is 14.6. The van der Waals surface area contributed by atoms with Crippen LogP contribution in [0.2, 0.25) is 0 Å². The molecule has 3 N–H and O–H groups in total. The van der Waals surface area contributed by atoms with Crippen LogP contribution in [0, 0.1) is 0 Å². The number of anilines is 1. The summed E-state index contributed by atoms with van der Waals surface area (Å²) in [6.07, 6.45) is 2.66. The molecule has 3 rings (SSSR count). The summed E-state index contributed by atoms with van der Waals surface area (Å²) in [5.41, 5.74) is 1.51. The molecule has 1 aliphatic heterocycles. The zero-order valence-corrected chi connectivity index (χ0v) is 14.5. The van der Waals surface area contributed by atoms with Crippen LogP contribution in [0.4, 0.5) is 10.5 Å². The number of rotatable bonds is 6. The van der Waals surface area contributed by atoms with Crippen molar-refractivity contribution in [3.05, 3.63) is 54.0 Å². The number of amides is 5. The lowest BCUT2D eigenvalue weighted by molar-refractivity contribution is -0.125. The number of imide groups is 1. The van der Waals surface area contributed by atoms with Crippen molar-refractivity contribution in [2.75, 3.05) is 11.9 Å². The largest absolute Gasteiger partial charge is 0.472 e. The monoisotopic (exact) mass is 370 g/mol. The van der Waals surface area contributed by atoms with E-state index in [0.29, 0.717) is 16.8 Å². The second-order valence-electron chi connectivity index (χ2n) is 6.04. The molecule has 27 heavy (non-hydrogen) atoms. The highest BCUT2D eigenvalue weighted by Crippen LogP contribution is 2.14. The lowest BCUT2D eigenvalue weighted by atomic mass is 10.1. The summed E-state index contributed by atoms with van der Waals surface area (Å²) < 4.78 is 4.84. The van der Waals surface area contributed by atoms with Crippen LogP contribution in [0.25, 0.3) is 0 Å². The molecule has 1 aromatic heterocycles. The first-order valence-corrected chi connectivity index (χ1v) is 8.25. The smallest absolute Gasteiger partial charge is 0.324 e. The fraction of sp³-hybridized carbons (Fsp3) is 0.222. The van der Waals surface area contributed by atoms with Crippen molar-refractivity contribution in [3.63, 3.8) is 0 Å². The van der Waals surface area contributed by atoms with E-state index in [9.17, 15) is 19.2 Å². The number of benzene rings is 1. The molecule has 1 atom stereocenters. The summed E-state index contributed by atoms with van der Waals surface area (Å²) in [6, 6.07) is 7.09. The van der Waals surface area contributed by atoms with Crippen molar-refractivity contribution in [2.24, 2.45) is 0 Å². The summed E-state index contributed by atoms with van der Waals surface area (Å²) in [6.45, 7) is 1.66. The van der Waals surface area contributed by atoms with E-state index in [4.69, 9.17) is 4.42 Å². The van der Waals surface area contributed by atoms with E-state index >= 15 is 0 Å². The zero-order chi connectivity index (χ0) is 19.4. The van der Waals surface area contributed by atoms with Gasteiger partial charge in [0.1, 0.15) is 12.3 Å². The standard InChI is InChI=1S/C18H18N4O5/c1-11(20-17(25)13-5-6-27-10-13)16(24)21-14-4-2-3-12(7-14)9-22-15(23)8-19-18(22)26/h2-7,10-11H,8-9H2,1H3,(H,19,26)(H,20,25)(H,21,24)/t11-/m1/s1. The molecule has 0 aliphatic carbocycles. The Balaban J connectivity index is 1.60. The Morgan fingerprint density at radius 2 is 2.11 bits per heavy atom. The van der Waals surface area contributed by atoms with Crippen LogP contribution in [0.5, 0.6) is 0 Å². The van der Waals surface area contributed by atoms with Gasteiger partial charge >= 0.3 is 6.03 Å². The summed E-state index contributed by atoms with van der Waals surface area (Å²) in [7, 11) is 0. The van der Waals surface area contributed by atoms with Gasteiger partial charge < -0.3 is 20.4 Å². The quantitative estimate of drug-likeness (QED) is 0.657. The molecule has 0 saturated carbocycles. The lowest BCUT2D eigenvalue weighted by Crippen LogP contribution is -2.41. The van der Waals surface area contributed by atoms with E-state index in [1.807, 2.05) is 0 Å². The highest BCUT2D eigenvalue weighted by Gasteiger charge is 2.28. The Morgan fingerprint density at radius 1 is 1.30 bits per heavy atom. The van der Waals surface area contributed by atoms with E-state index in [2.05, 4.69) is 16.0 Å². The number of furan rings is 1. The molecular weight excluding hydrogens is 352 g/mol. The fourth-order valence-corrected chi connectivity index (χ4v) is 2.54. The van der Waals surface area contributed by atoms with Crippen LogP contribution in [0.15, 0.2) is 47.3 Å². The SMILES string of the molecule is C[C@@H](NC(=O)c1ccoc1)C(=O)Nc1cccc(CN2C(=O)CNC2=O)c1. The summed E-state index contributed by atoms with van der Waals surface area (Å²) >= 11 is 0. The van der Waals surface area contributed by atoms with E-state index in [-0.39, 0.29) is 19.0 Å². The summed E-state index contributed by atoms with van der Waals surface area (Å²) in [5.74, 6) is -1.12. The van der Waals surface area contributed by atoms with Gasteiger partial charge in [-0.25, -0.2) is 4.79 Å². The highest BCUT2D eigenvalue weighted by atomic mass is 16.3. The maximum Gasteiger partial charge on any atom is 0.324 e. The predicted octanol–water partition coefficient (Wildman–Crippen LogP) is 1.09. The van der Waals surface area contributed by atoms with E-state index in [1.54, 1.807) is 31.2 Å². The lowest BCUT2D eigenvalue weighted by Gasteiger charge is -2.15. The minimum atomic E-state index is -0.776. The molecule has 1 fully saturated rings. The molecule has 9 heteroatoms. The second kappa shape index (κ2) is 7.73. The molecule has 1 aromatic carbocycles. The minimum Gasteiger partial charge on any atom is -0.472 e. The molecule has 0 unspecified atom stereocenters. The van der Waals surface area contributed by atoms with Gasteiger partial charge in [-0.05, 0) is 30.7 Å². The van der Waals surface area contributed by atoms with Crippen LogP contribution >= 0.6 is 0 Å². The molecule has 0 spiro atoms. The Morgan fingerprint density at radius 3 is 2.78 bits per heavy atom. The summed E-state index contributed by atoms with van der Waals surface area (Å²) in [5, 5.41) is 7.72. The van der Waals surface area contributed by atoms with E-state index < -0.39 is 23.9 Å². The van der Waals surface area contributed by atoms with Gasteiger partial charge in [0.2, 0.25) is 11.8 Å². The first kappa shape index (κ1) is 18.2. The van der Waals surface area contributed by atoms with Gasteiger partial charge in [0, 0.05) is 5.69 Å². The third kappa shape index (κ3) is 4.32. The van der Waals surface area contributed by atoms with Gasteiger partial charge in [-0.15, -0.1) is 0 Å². The molecule has 1 saturated heterocycles. The number of nitrogens with zero attached hydrogens (tertiary/aromatic N) is 1. The number of nitrogens with one attached hydrogen (secondary N) is 3. The molecular formula is C18H18N4O5. The zero-order valence-electron chi connectivity index (χ0n) is 14.5. The van der Waals surface area contributed by atoms with Crippen LogP contribution in [0.1, 0.15) is 22.8 Å². The average molecular weight is 370 g/mol. The van der Waals surface area contributed by atoms with Crippen molar-refractivity contribution < 1.29 is 23.6 Å². The maximum atomic E-state index is 12.3. The van der Waals surface area contributed by atoms with Gasteiger partial charge in [-0.2, -0.15) is 0 Å². The molecule has 0 radical (unpaired) electrons. The topological polar surface area (TPSA) is 121 Å². The number of carbonyl (C=O) groups excluding carboxylic acids is 4. The molecule has 5 amide bonds. The van der Waals surface area contributed by atoms with Gasteiger partial charge in [0.05, 0.1) is 24.9 Å². The second-order valence-corrected chi connectivity index (χ2v) is 6.04. The van der Waals surface area contributed by atoms with Crippen LogP contribution in [-0.2, 0) is 16.1 Å². The van der Waals surface area contributed by atoms with E-state index in [1.165, 1.54) is 18.6 Å². The van der Waals surface area contributed by atoms with Crippen LogP contribution in [0.3, 0.4) is 0 Å². The molecule has 2 aromatic rings. The van der Waals surface area contributed by atoms with Gasteiger partial charge in [-0.1, -0.05) is 12.1 Å². The first-order chi connectivity index (χ1) is 12.9. The molecule has 140 valence electrons. The van der Waals surface area contributed by atoms with Crippen molar-refractivity contribution in [1.29, 1.82) is 0 Å². The van der Waals surface area contributed by atoms with Crippen LogP contribution in [-0.4, -0.2) is 41.2 Å². The predicted molar refractivity (Wildman–Crippen MR) is 94.7 cm³/mol. The van der Waals surface area contributed by atoms with Gasteiger partial charge in [-0.3, -0.25) is 19.3 Å². The first-order valence-electron chi connectivity index (χ1n) is 8.25. The Hall–Kier alpha value is -3.62. The Labute approximate surface area is 154 Å². The highest BCUT2D eigenvalue weighted by molar-refractivity contribution is 6.02. The molecule has 2 heterocycles. The van der Waals surface area contributed by atoms with E-state index in [0.717, 1.165) is 4.90 Å². The molecule has 1 aliphatic rings. The van der Waals surface area contributed by atoms with Crippen molar-refractivity contribution in [1.82, 2.24) is 15.5 Å². The van der Waals surface area contributed by atoms with Crippen LogP contribution < -0.4 is 16.0 Å². The number of hydrogen-bond acceptors (Lipinski definition) is 5. The average Bonchev–Trinajstić information content (AvgIpc) is 3.28. The third-order valence-electron chi connectivity index (χ3n) is 4.00. The summed E-state index contributed by atoms with van der Waals surface area (Å²) in [4.78, 5) is 48.6. The number of urea groups is 1. The van der Waals surface area contributed by atoms with Gasteiger partial charge in [0.15, 0.2) is 0 Å². The number of carbonyl (C=O) groups is 4. The van der Waals surface area contributed by atoms with Crippen molar-refractivity contribution in [2.45, 2.75) is 19.5 Å². The third-order valence-corrected chi connectivity index (χ3v) is 4.00. The Kier molecular flexibility index (Phi) is 5.20. The van der Waals surface area contributed by atoms with Crippen molar-refractivity contribution in [3.8, 4) is 0 Å². The van der Waals surface area contributed by atoms with Gasteiger partial charge in [0.25, 0.3) is 5.91 Å². The fourth-order valence-electron chi connectivity index (χ4n) is 2.54. The molecule has 9 nitrogen and oxygen atoms in total. The number of hydrogen-bond donors (Lipinski definition) is 3. The maximum absolute atomic E-state index is 12.3. The minimum absolute atomic E-state index is 0.0108. The Bertz CT molecular complexity index is 862. The van der Waals surface area contributed by atoms with Crippen molar-refractivity contribution >= 4 is 29.4 Å².